The molecule has 2 aliphatic heterocycles. The highest BCUT2D eigenvalue weighted by molar-refractivity contribution is 6.05. The molecule has 1 N–H and O–H groups in total. The van der Waals surface area contributed by atoms with E-state index in [1.54, 1.807) is 11.0 Å². The van der Waals surface area contributed by atoms with Crippen LogP contribution in [0.1, 0.15) is 50.5 Å². The van der Waals surface area contributed by atoms with Crippen LogP contribution in [0.2, 0.25) is 0 Å². The van der Waals surface area contributed by atoms with Gasteiger partial charge in [0.05, 0.1) is 17.9 Å². The molecular formula is C22H26FN5O2. The molecule has 158 valence electrons. The van der Waals surface area contributed by atoms with E-state index in [1.807, 2.05) is 6.07 Å². The molecule has 0 aliphatic carbocycles. The first-order valence-electron chi connectivity index (χ1n) is 10.2. The Morgan fingerprint density at radius 1 is 1.23 bits per heavy atom. The number of aromatic nitrogens is 2. The molecule has 7 nitrogen and oxygen atoms in total. The third kappa shape index (κ3) is 4.13. The summed E-state index contributed by atoms with van der Waals surface area (Å²) in [4.78, 5) is 38.1. The minimum absolute atomic E-state index is 0.0267. The van der Waals surface area contributed by atoms with Gasteiger partial charge in [0.15, 0.2) is 11.6 Å². The monoisotopic (exact) mass is 411 g/mol. The number of pyridine rings is 2. The lowest BCUT2D eigenvalue weighted by atomic mass is 9.89. The molecular weight excluding hydrogens is 385 g/mol. The summed E-state index contributed by atoms with van der Waals surface area (Å²) in [5, 5.41) is 2.72. The maximum Gasteiger partial charge on any atom is 0.329 e. The van der Waals surface area contributed by atoms with Gasteiger partial charge in [0.1, 0.15) is 17.3 Å². The summed E-state index contributed by atoms with van der Waals surface area (Å²) in [6.07, 6.45) is 3.04. The molecule has 8 heteroatoms. The molecule has 2 aromatic rings. The fourth-order valence-corrected chi connectivity index (χ4v) is 3.86. The van der Waals surface area contributed by atoms with Gasteiger partial charge in [-0.2, -0.15) is 0 Å². The zero-order valence-corrected chi connectivity index (χ0v) is 17.5. The van der Waals surface area contributed by atoms with Gasteiger partial charge in [-0.15, -0.1) is 0 Å². The van der Waals surface area contributed by atoms with Crippen LogP contribution in [0.5, 0.6) is 0 Å². The van der Waals surface area contributed by atoms with Crippen molar-refractivity contribution in [2.45, 2.75) is 46.1 Å². The second kappa shape index (κ2) is 7.66. The number of urea groups is 1. The van der Waals surface area contributed by atoms with Gasteiger partial charge >= 0.3 is 6.03 Å². The smallest absolute Gasteiger partial charge is 0.329 e. The van der Waals surface area contributed by atoms with Crippen LogP contribution in [0.3, 0.4) is 0 Å². The molecule has 0 radical (unpaired) electrons. The fraction of sp³-hybridized carbons (Fsp3) is 0.455. The predicted octanol–water partition coefficient (Wildman–Crippen LogP) is 4.26. The number of nitrogens with one attached hydrogen (secondary N) is 1. The van der Waals surface area contributed by atoms with Crippen molar-refractivity contribution in [3.8, 4) is 0 Å². The van der Waals surface area contributed by atoms with Crippen LogP contribution in [-0.2, 0) is 0 Å². The molecule has 1 saturated heterocycles. The van der Waals surface area contributed by atoms with E-state index in [4.69, 9.17) is 0 Å². The standard InChI is InChI=1S/C22H26FN5O2/c1-22(2,3)10-8-18(29)16-5-6-17-20(25-16)28(15-9-11-27(17)13-15)21(30)26-19-7-4-14(23)12-24-19/h4-7,12,15H,8-11,13H2,1-3H3,(H,24,26,30)/t15-/m0/s1. The van der Waals surface area contributed by atoms with Crippen LogP contribution in [0, 0.1) is 11.2 Å². The van der Waals surface area contributed by atoms with E-state index in [9.17, 15) is 14.0 Å². The summed E-state index contributed by atoms with van der Waals surface area (Å²) >= 11 is 0. The van der Waals surface area contributed by atoms with E-state index >= 15 is 0 Å². The van der Waals surface area contributed by atoms with E-state index < -0.39 is 5.82 Å². The summed E-state index contributed by atoms with van der Waals surface area (Å²) in [6, 6.07) is 5.87. The zero-order valence-electron chi connectivity index (χ0n) is 17.5. The Bertz CT molecular complexity index is 970. The Labute approximate surface area is 175 Å². The van der Waals surface area contributed by atoms with Gasteiger partial charge in [-0.25, -0.2) is 19.2 Å². The SMILES string of the molecule is CC(C)(C)CCC(=O)c1ccc2c(n1)N(C(=O)Nc1ccc(F)cn1)[C@H]1CCN2C1. The van der Waals surface area contributed by atoms with Gasteiger partial charge in [0.2, 0.25) is 0 Å². The van der Waals surface area contributed by atoms with Crippen molar-refractivity contribution in [1.82, 2.24) is 9.97 Å². The maximum atomic E-state index is 13.1. The fourth-order valence-electron chi connectivity index (χ4n) is 3.86. The minimum atomic E-state index is -0.470. The Morgan fingerprint density at radius 2 is 2.03 bits per heavy atom. The third-order valence-corrected chi connectivity index (χ3v) is 5.52. The first-order valence-corrected chi connectivity index (χ1v) is 10.2. The Kier molecular flexibility index (Phi) is 5.17. The number of rotatable bonds is 4. The summed E-state index contributed by atoms with van der Waals surface area (Å²) in [5.74, 6) is 0.259. The van der Waals surface area contributed by atoms with Crippen molar-refractivity contribution in [3.05, 3.63) is 42.0 Å². The van der Waals surface area contributed by atoms with E-state index in [-0.39, 0.29) is 29.1 Å². The third-order valence-electron chi connectivity index (χ3n) is 5.52. The number of anilines is 3. The van der Waals surface area contributed by atoms with Gasteiger partial charge in [0, 0.05) is 19.5 Å². The molecule has 2 aromatic heterocycles. The average Bonchev–Trinajstić information content (AvgIpc) is 3.11. The number of carbonyl (C=O) groups excluding carboxylic acids is 2. The summed E-state index contributed by atoms with van der Waals surface area (Å²) in [7, 11) is 0. The Morgan fingerprint density at radius 3 is 2.73 bits per heavy atom. The van der Waals surface area contributed by atoms with Crippen molar-refractivity contribution in [1.29, 1.82) is 0 Å². The van der Waals surface area contributed by atoms with Crippen LogP contribution in [0.15, 0.2) is 30.5 Å². The average molecular weight is 411 g/mol. The van der Waals surface area contributed by atoms with Gasteiger partial charge < -0.3 is 4.90 Å². The largest absolute Gasteiger partial charge is 0.366 e. The number of amides is 2. The first-order chi connectivity index (χ1) is 14.2. The maximum absolute atomic E-state index is 13.1. The minimum Gasteiger partial charge on any atom is -0.366 e. The van der Waals surface area contributed by atoms with Crippen LogP contribution in [0.25, 0.3) is 0 Å². The Balaban J connectivity index is 1.61. The van der Waals surface area contributed by atoms with Crippen LogP contribution in [0.4, 0.5) is 26.5 Å². The summed E-state index contributed by atoms with van der Waals surface area (Å²) in [5.41, 5.74) is 1.28. The molecule has 0 unspecified atom stereocenters. The number of hydrogen-bond acceptors (Lipinski definition) is 5. The van der Waals surface area contributed by atoms with Crippen LogP contribution in [-0.4, -0.2) is 40.9 Å². The number of carbonyl (C=O) groups is 2. The molecule has 0 saturated carbocycles. The number of fused-ring (bicyclic) bond motifs is 4. The molecule has 4 heterocycles. The van der Waals surface area contributed by atoms with Crippen molar-refractivity contribution >= 4 is 29.1 Å². The molecule has 2 bridgehead atoms. The molecule has 1 fully saturated rings. The summed E-state index contributed by atoms with van der Waals surface area (Å²) in [6.45, 7) is 7.84. The molecule has 4 rings (SSSR count). The van der Waals surface area contributed by atoms with E-state index in [1.165, 1.54) is 12.1 Å². The lowest BCUT2D eigenvalue weighted by Gasteiger charge is -2.35. The molecule has 2 aliphatic rings. The quantitative estimate of drug-likeness (QED) is 0.761. The van der Waals surface area contributed by atoms with E-state index in [2.05, 4.69) is 41.0 Å². The van der Waals surface area contributed by atoms with Gasteiger partial charge in [0.25, 0.3) is 0 Å². The van der Waals surface area contributed by atoms with E-state index in [0.717, 1.165) is 37.8 Å². The highest BCUT2D eigenvalue weighted by Gasteiger charge is 2.40. The van der Waals surface area contributed by atoms with Gasteiger partial charge in [-0.05, 0) is 42.5 Å². The topological polar surface area (TPSA) is 78.4 Å². The van der Waals surface area contributed by atoms with Crippen LogP contribution >= 0.6 is 0 Å². The normalized spacial score (nSPS) is 17.7. The van der Waals surface area contributed by atoms with Crippen molar-refractivity contribution in [2.75, 3.05) is 28.2 Å². The van der Waals surface area contributed by atoms with Gasteiger partial charge in [-0.1, -0.05) is 20.8 Å². The highest BCUT2D eigenvalue weighted by Crippen LogP contribution is 2.39. The molecule has 1 atom stereocenters. The zero-order chi connectivity index (χ0) is 21.5. The number of hydrogen-bond donors (Lipinski definition) is 1. The lowest BCUT2D eigenvalue weighted by molar-refractivity contribution is 0.0961. The van der Waals surface area contributed by atoms with Crippen molar-refractivity contribution < 1.29 is 14.0 Å². The molecule has 0 aromatic carbocycles. The number of Topliss-reactive ketones (excluding diaryl/α,β-unsaturated/α-hetero) is 1. The second-order valence-corrected chi connectivity index (χ2v) is 9.07. The molecule has 30 heavy (non-hydrogen) atoms. The number of nitrogens with zero attached hydrogens (tertiary/aromatic N) is 4. The van der Waals surface area contributed by atoms with Crippen LogP contribution < -0.4 is 15.1 Å². The predicted molar refractivity (Wildman–Crippen MR) is 114 cm³/mol. The second-order valence-electron chi connectivity index (χ2n) is 9.07. The Hall–Kier alpha value is -3.03. The summed E-state index contributed by atoms with van der Waals surface area (Å²) < 4.78 is 13.1. The molecule has 0 spiro atoms. The number of ketones is 1. The van der Waals surface area contributed by atoms with Crippen molar-refractivity contribution in [2.24, 2.45) is 5.41 Å². The van der Waals surface area contributed by atoms with Crippen molar-refractivity contribution in [3.63, 3.8) is 0 Å². The number of halogens is 1. The molecule has 2 amide bonds. The lowest BCUT2D eigenvalue weighted by Crippen LogP contribution is -2.48. The first kappa shape index (κ1) is 20.3. The highest BCUT2D eigenvalue weighted by atomic mass is 19.1. The van der Waals surface area contributed by atoms with Gasteiger partial charge in [-0.3, -0.25) is 15.0 Å². The van der Waals surface area contributed by atoms with E-state index in [0.29, 0.717) is 17.9 Å².